The van der Waals surface area contributed by atoms with Crippen LogP contribution in [0.1, 0.15) is 23.0 Å². The Kier molecular flexibility index (Phi) is 6.65. The summed E-state index contributed by atoms with van der Waals surface area (Å²) in [6.07, 6.45) is 0. The summed E-state index contributed by atoms with van der Waals surface area (Å²) in [5.41, 5.74) is 3.02. The van der Waals surface area contributed by atoms with Gasteiger partial charge >= 0.3 is 14.4 Å². The topological polar surface area (TPSA) is 49.4 Å². The molecule has 0 saturated heterocycles. The highest BCUT2D eigenvalue weighted by atomic mass is 16.6. The Morgan fingerprint density at radius 2 is 1.00 bits per heavy atom. The fourth-order valence-corrected chi connectivity index (χ4v) is 5.59. The van der Waals surface area contributed by atoms with Gasteiger partial charge in [-0.1, -0.05) is 84.9 Å². The second-order valence-corrected chi connectivity index (χ2v) is 9.94. The Labute approximate surface area is 240 Å². The molecule has 200 valence electrons. The van der Waals surface area contributed by atoms with Gasteiger partial charge in [0.1, 0.15) is 28.7 Å². The van der Waals surface area contributed by atoms with Gasteiger partial charge in [0.05, 0.1) is 19.0 Å². The summed E-state index contributed by atoms with van der Waals surface area (Å²) in [6, 6.07) is 43.9. The van der Waals surface area contributed by atoms with Crippen LogP contribution in [0, 0.1) is 0 Å². The van der Waals surface area contributed by atoms with Crippen LogP contribution in [0.15, 0.2) is 133 Å². The van der Waals surface area contributed by atoms with Crippen molar-refractivity contribution in [3.05, 3.63) is 145 Å². The minimum atomic E-state index is -0.749. The van der Waals surface area contributed by atoms with Crippen LogP contribution in [0.4, 0.5) is 5.69 Å². The van der Waals surface area contributed by atoms with Gasteiger partial charge in [-0.3, -0.25) is 0 Å². The van der Waals surface area contributed by atoms with Crippen molar-refractivity contribution >= 4 is 20.1 Å². The van der Waals surface area contributed by atoms with Crippen LogP contribution < -0.4 is 28.2 Å². The lowest BCUT2D eigenvalue weighted by Gasteiger charge is -2.39. The molecular weight excluding hydrogens is 512 g/mol. The number of para-hydroxylation sites is 4. The van der Waals surface area contributed by atoms with E-state index in [2.05, 4.69) is 29.1 Å². The summed E-state index contributed by atoms with van der Waals surface area (Å²) in [6.45, 7) is 0. The van der Waals surface area contributed by atoms with E-state index in [1.807, 2.05) is 109 Å². The third-order valence-corrected chi connectivity index (χ3v) is 7.50. The second kappa shape index (κ2) is 10.9. The average Bonchev–Trinajstić information content (AvgIpc) is 3.66. The van der Waals surface area contributed by atoms with E-state index in [0.717, 1.165) is 34.1 Å². The van der Waals surface area contributed by atoms with Crippen molar-refractivity contribution in [3.8, 4) is 28.7 Å². The lowest BCUT2D eigenvalue weighted by Crippen LogP contribution is -2.53. The van der Waals surface area contributed by atoms with Crippen molar-refractivity contribution in [2.24, 2.45) is 0 Å². The summed E-state index contributed by atoms with van der Waals surface area (Å²) < 4.78 is 31.5. The van der Waals surface area contributed by atoms with Crippen LogP contribution in [0.3, 0.4) is 0 Å². The van der Waals surface area contributed by atoms with Crippen LogP contribution in [0.25, 0.3) is 0 Å². The molecule has 0 spiro atoms. The first-order valence-corrected chi connectivity index (χ1v) is 13.7. The van der Waals surface area contributed by atoms with Gasteiger partial charge in [0.2, 0.25) is 0 Å². The Balaban J connectivity index is 1.40. The lowest BCUT2D eigenvalue weighted by molar-refractivity contribution is 0.414. The van der Waals surface area contributed by atoms with Crippen LogP contribution in [-0.4, -0.2) is 21.5 Å². The molecule has 5 aromatic carbocycles. The zero-order valence-electron chi connectivity index (χ0n) is 22.5. The van der Waals surface area contributed by atoms with Gasteiger partial charge in [0.25, 0.3) is 0 Å². The predicted molar refractivity (Wildman–Crippen MR) is 161 cm³/mol. The molecule has 6 nitrogen and oxygen atoms in total. The zero-order chi connectivity index (χ0) is 27.6. The summed E-state index contributed by atoms with van der Waals surface area (Å²) in [4.78, 5) is 2.17. The summed E-state index contributed by atoms with van der Waals surface area (Å²) in [5, 5.41) is 0. The molecule has 0 bridgehead atoms. The Bertz CT molecular complexity index is 1570. The van der Waals surface area contributed by atoms with E-state index in [1.54, 1.807) is 7.11 Å². The average molecular weight is 539 g/mol. The van der Waals surface area contributed by atoms with Crippen LogP contribution in [0.5, 0.6) is 28.7 Å². The molecule has 2 unspecified atom stereocenters. The van der Waals surface area contributed by atoms with Crippen molar-refractivity contribution in [2.75, 3.05) is 11.9 Å². The highest BCUT2D eigenvalue weighted by molar-refractivity contribution is 6.54. The molecular formula is C33H27B2NO5. The smallest absolute Gasteiger partial charge is 0.523 e. The first-order valence-electron chi connectivity index (χ1n) is 13.7. The fraction of sp³-hybridized carbons (Fsp3) is 0.0909. The van der Waals surface area contributed by atoms with Gasteiger partial charge in [-0.25, -0.2) is 0 Å². The maximum Gasteiger partial charge on any atom is 0.739 e. The number of ether oxygens (including phenoxy) is 1. The molecule has 8 heteroatoms. The number of nitrogens with zero attached hydrogens (tertiary/aromatic N) is 1. The predicted octanol–water partition coefficient (Wildman–Crippen LogP) is 6.98. The number of methoxy groups -OCH3 is 1. The van der Waals surface area contributed by atoms with E-state index in [0.29, 0.717) is 11.5 Å². The van der Waals surface area contributed by atoms with E-state index in [1.165, 1.54) is 0 Å². The first kappa shape index (κ1) is 25.0. The molecule has 2 aliphatic rings. The van der Waals surface area contributed by atoms with Crippen LogP contribution in [-0.2, 0) is 0 Å². The van der Waals surface area contributed by atoms with Crippen molar-refractivity contribution in [1.82, 2.24) is 0 Å². The monoisotopic (exact) mass is 539 g/mol. The first-order chi connectivity index (χ1) is 20.3. The summed E-state index contributed by atoms with van der Waals surface area (Å²) in [7, 11) is 0.308. The van der Waals surface area contributed by atoms with Gasteiger partial charge < -0.3 is 28.2 Å². The number of hydrogen-bond donors (Lipinski definition) is 0. The standard InChI is InChI=1S/C33H27B2NO5/c1-37-27-22-20-26(21-23-27)36(35-40-30-18-10-11-19-31(30)41-35)33(25-14-6-3-7-15-25)32(24-12-4-2-5-13-24)34-38-28-16-8-9-17-29(28)39-34/h2-23,32-33H,1H3. The summed E-state index contributed by atoms with van der Waals surface area (Å²) in [5.74, 6) is 3.31. The molecule has 0 aliphatic carbocycles. The van der Waals surface area contributed by atoms with Gasteiger partial charge in [-0.2, -0.15) is 0 Å². The Morgan fingerprint density at radius 3 is 1.51 bits per heavy atom. The van der Waals surface area contributed by atoms with Crippen LogP contribution in [0.2, 0.25) is 0 Å². The number of fused-ring (bicyclic) bond motifs is 2. The van der Waals surface area contributed by atoms with E-state index in [-0.39, 0.29) is 11.9 Å². The number of rotatable bonds is 8. The van der Waals surface area contributed by atoms with Gasteiger partial charge in [0, 0.05) is 5.69 Å². The van der Waals surface area contributed by atoms with Crippen molar-refractivity contribution in [2.45, 2.75) is 11.9 Å². The SMILES string of the molecule is COc1ccc(N(B2Oc3ccccc3O2)C(c2ccccc2)C(B2Oc3ccccc3O2)c2ccccc2)cc1. The Morgan fingerprint density at radius 1 is 0.537 bits per heavy atom. The maximum absolute atomic E-state index is 6.52. The Hall–Kier alpha value is -4.97. The van der Waals surface area contributed by atoms with Crippen molar-refractivity contribution in [1.29, 1.82) is 0 Å². The molecule has 5 aromatic rings. The van der Waals surface area contributed by atoms with Gasteiger partial charge in [-0.05, 0) is 59.7 Å². The van der Waals surface area contributed by atoms with Crippen molar-refractivity contribution in [3.63, 3.8) is 0 Å². The number of benzene rings is 5. The lowest BCUT2D eigenvalue weighted by atomic mass is 9.61. The van der Waals surface area contributed by atoms with Gasteiger partial charge in [0.15, 0.2) is 0 Å². The summed E-state index contributed by atoms with van der Waals surface area (Å²) >= 11 is 0. The van der Waals surface area contributed by atoms with Gasteiger partial charge in [-0.15, -0.1) is 0 Å². The van der Waals surface area contributed by atoms with E-state index in [9.17, 15) is 0 Å². The molecule has 2 heterocycles. The highest BCUT2D eigenvalue weighted by Crippen LogP contribution is 2.47. The fourth-order valence-electron chi connectivity index (χ4n) is 5.59. The minimum absolute atomic E-state index is 0.288. The quantitative estimate of drug-likeness (QED) is 0.199. The third kappa shape index (κ3) is 4.82. The minimum Gasteiger partial charge on any atom is -0.523 e. The highest BCUT2D eigenvalue weighted by Gasteiger charge is 2.53. The normalized spacial score (nSPS) is 14.5. The molecule has 7 rings (SSSR count). The molecule has 41 heavy (non-hydrogen) atoms. The van der Waals surface area contributed by atoms with Crippen LogP contribution >= 0.6 is 0 Å². The number of anilines is 1. The molecule has 0 saturated carbocycles. The maximum atomic E-state index is 6.52. The second-order valence-electron chi connectivity index (χ2n) is 9.94. The molecule has 2 atom stereocenters. The van der Waals surface area contributed by atoms with E-state index < -0.39 is 14.4 Å². The number of hydrogen-bond acceptors (Lipinski definition) is 6. The molecule has 0 fully saturated rings. The van der Waals surface area contributed by atoms with Crippen molar-refractivity contribution < 1.29 is 23.4 Å². The molecule has 0 N–H and O–H groups in total. The zero-order valence-corrected chi connectivity index (χ0v) is 22.5. The van der Waals surface area contributed by atoms with E-state index in [4.69, 9.17) is 23.4 Å². The third-order valence-electron chi connectivity index (χ3n) is 7.50. The molecule has 0 radical (unpaired) electrons. The van der Waals surface area contributed by atoms with E-state index >= 15 is 0 Å². The largest absolute Gasteiger partial charge is 0.739 e. The molecule has 0 aromatic heterocycles. The molecule has 2 aliphatic heterocycles. The molecule has 0 amide bonds.